The van der Waals surface area contributed by atoms with Crippen molar-refractivity contribution in [1.82, 2.24) is 15.2 Å². The topological polar surface area (TPSA) is 70.8 Å². The first-order valence-corrected chi connectivity index (χ1v) is 7.20. The van der Waals surface area contributed by atoms with Crippen molar-refractivity contribution in [2.24, 2.45) is 11.7 Å². The van der Waals surface area contributed by atoms with Crippen LogP contribution < -0.4 is 10.6 Å². The number of H-pyrrole nitrogens is 1. The molecule has 5 nitrogen and oxygen atoms in total. The molecule has 0 spiro atoms. The molecule has 0 saturated carbocycles. The van der Waals surface area contributed by atoms with Crippen LogP contribution in [0.5, 0.6) is 0 Å². The van der Waals surface area contributed by atoms with Crippen molar-refractivity contribution < 1.29 is 0 Å². The third-order valence-corrected chi connectivity index (χ3v) is 4.03. The first-order valence-electron chi connectivity index (χ1n) is 7.20. The van der Waals surface area contributed by atoms with Crippen LogP contribution in [0, 0.1) is 12.8 Å². The molecule has 0 aliphatic carbocycles. The van der Waals surface area contributed by atoms with E-state index in [1.807, 2.05) is 0 Å². The van der Waals surface area contributed by atoms with Crippen LogP contribution in [-0.2, 0) is 0 Å². The van der Waals surface area contributed by atoms with Gasteiger partial charge in [-0.25, -0.2) is 0 Å². The zero-order valence-corrected chi connectivity index (χ0v) is 11.8. The smallest absolute Gasteiger partial charge is 0.245 e. The highest BCUT2D eigenvalue weighted by Crippen LogP contribution is 2.22. The van der Waals surface area contributed by atoms with Gasteiger partial charge in [-0.2, -0.15) is 4.98 Å². The summed E-state index contributed by atoms with van der Waals surface area (Å²) in [4.78, 5) is 6.85. The van der Waals surface area contributed by atoms with E-state index in [0.29, 0.717) is 5.92 Å². The molecule has 2 heterocycles. The van der Waals surface area contributed by atoms with Crippen molar-refractivity contribution in [3.05, 3.63) is 29.8 Å². The Hall–Kier alpha value is -1.88. The summed E-state index contributed by atoms with van der Waals surface area (Å²) in [6.07, 6.45) is 2.26. The van der Waals surface area contributed by atoms with Gasteiger partial charge in [-0.3, -0.25) is 5.10 Å². The van der Waals surface area contributed by atoms with E-state index in [-0.39, 0.29) is 0 Å². The van der Waals surface area contributed by atoms with Crippen molar-refractivity contribution in [1.29, 1.82) is 0 Å². The maximum absolute atomic E-state index is 5.72. The summed E-state index contributed by atoms with van der Waals surface area (Å²) in [6.45, 7) is 4.85. The second-order valence-electron chi connectivity index (χ2n) is 5.52. The monoisotopic (exact) mass is 271 g/mol. The summed E-state index contributed by atoms with van der Waals surface area (Å²) in [5.41, 5.74) is 8.05. The van der Waals surface area contributed by atoms with Gasteiger partial charge in [0.15, 0.2) is 5.82 Å². The number of aromatic nitrogens is 3. The number of piperidine rings is 1. The molecule has 1 fully saturated rings. The van der Waals surface area contributed by atoms with Crippen LogP contribution in [0.1, 0.15) is 18.4 Å². The van der Waals surface area contributed by atoms with Crippen molar-refractivity contribution in [3.63, 3.8) is 0 Å². The third-order valence-electron chi connectivity index (χ3n) is 4.03. The summed E-state index contributed by atoms with van der Waals surface area (Å²) in [5, 5.41) is 7.38. The normalized spacial score (nSPS) is 16.6. The van der Waals surface area contributed by atoms with E-state index in [2.05, 4.69) is 51.3 Å². The number of hydrogen-bond acceptors (Lipinski definition) is 4. The van der Waals surface area contributed by atoms with Crippen LogP contribution in [0.3, 0.4) is 0 Å². The molecule has 106 valence electrons. The molecule has 1 aromatic heterocycles. The maximum Gasteiger partial charge on any atom is 0.245 e. The number of nitrogens with two attached hydrogens (primary N) is 1. The van der Waals surface area contributed by atoms with E-state index in [0.717, 1.165) is 49.8 Å². The van der Waals surface area contributed by atoms with Crippen molar-refractivity contribution >= 4 is 5.95 Å². The van der Waals surface area contributed by atoms with Gasteiger partial charge in [0.1, 0.15) is 0 Å². The second-order valence-corrected chi connectivity index (χ2v) is 5.52. The van der Waals surface area contributed by atoms with Crippen LogP contribution in [0.2, 0.25) is 0 Å². The van der Waals surface area contributed by atoms with Gasteiger partial charge < -0.3 is 10.6 Å². The Morgan fingerprint density at radius 3 is 2.60 bits per heavy atom. The summed E-state index contributed by atoms with van der Waals surface area (Å²) in [7, 11) is 0. The number of nitrogens with zero attached hydrogens (tertiary/aromatic N) is 3. The fourth-order valence-electron chi connectivity index (χ4n) is 2.60. The minimum atomic E-state index is 0.654. The molecule has 20 heavy (non-hydrogen) atoms. The lowest BCUT2D eigenvalue weighted by atomic mass is 9.97. The van der Waals surface area contributed by atoms with E-state index < -0.39 is 0 Å². The number of hydrogen-bond donors (Lipinski definition) is 2. The highest BCUT2D eigenvalue weighted by atomic mass is 15.4. The Kier molecular flexibility index (Phi) is 3.69. The van der Waals surface area contributed by atoms with Gasteiger partial charge in [-0.05, 0) is 32.2 Å². The van der Waals surface area contributed by atoms with Crippen molar-refractivity contribution in [2.75, 3.05) is 24.5 Å². The van der Waals surface area contributed by atoms with E-state index in [1.165, 1.54) is 5.56 Å². The predicted molar refractivity (Wildman–Crippen MR) is 80.5 cm³/mol. The Balaban J connectivity index is 1.72. The van der Waals surface area contributed by atoms with Gasteiger partial charge in [0, 0.05) is 18.7 Å². The average Bonchev–Trinajstić information content (AvgIpc) is 2.98. The predicted octanol–water partition coefficient (Wildman–Crippen LogP) is 1.96. The van der Waals surface area contributed by atoms with Crippen LogP contribution in [0.25, 0.3) is 11.4 Å². The summed E-state index contributed by atoms with van der Waals surface area (Å²) in [6, 6.07) is 8.31. The SMILES string of the molecule is Cc1ccc(-c2nc(N3CCC(CN)CC3)n[nH]2)cc1. The lowest BCUT2D eigenvalue weighted by molar-refractivity contribution is 0.411. The fourth-order valence-corrected chi connectivity index (χ4v) is 2.60. The standard InChI is InChI=1S/C15H21N5/c1-11-2-4-13(5-3-11)14-17-15(19-18-14)20-8-6-12(10-16)7-9-20/h2-5,12H,6-10,16H2,1H3,(H,17,18,19). The Labute approximate surface area is 119 Å². The fraction of sp³-hybridized carbons (Fsp3) is 0.467. The quantitative estimate of drug-likeness (QED) is 0.895. The molecule has 0 amide bonds. The Bertz CT molecular complexity index is 552. The van der Waals surface area contributed by atoms with Crippen LogP contribution in [0.4, 0.5) is 5.95 Å². The number of anilines is 1. The highest BCUT2D eigenvalue weighted by molar-refractivity contribution is 5.56. The molecule has 2 aromatic rings. The van der Waals surface area contributed by atoms with Gasteiger partial charge in [-0.1, -0.05) is 29.8 Å². The molecule has 0 unspecified atom stereocenters. The maximum atomic E-state index is 5.72. The molecule has 1 aromatic carbocycles. The van der Waals surface area contributed by atoms with Gasteiger partial charge in [0.2, 0.25) is 5.95 Å². The average molecular weight is 271 g/mol. The molecule has 1 aliphatic heterocycles. The number of benzene rings is 1. The summed E-state index contributed by atoms with van der Waals surface area (Å²) >= 11 is 0. The van der Waals surface area contributed by atoms with E-state index in [9.17, 15) is 0 Å². The number of nitrogens with one attached hydrogen (secondary N) is 1. The number of aromatic amines is 1. The van der Waals surface area contributed by atoms with Crippen LogP contribution >= 0.6 is 0 Å². The first-order chi connectivity index (χ1) is 9.76. The summed E-state index contributed by atoms with van der Waals surface area (Å²) < 4.78 is 0. The lowest BCUT2D eigenvalue weighted by Gasteiger charge is -2.30. The van der Waals surface area contributed by atoms with Crippen molar-refractivity contribution in [3.8, 4) is 11.4 Å². The zero-order valence-electron chi connectivity index (χ0n) is 11.8. The molecule has 1 aliphatic rings. The molecule has 0 bridgehead atoms. The molecule has 3 rings (SSSR count). The molecular formula is C15H21N5. The molecule has 0 radical (unpaired) electrons. The molecule has 0 atom stereocenters. The minimum absolute atomic E-state index is 0.654. The second kappa shape index (κ2) is 5.63. The first kappa shape index (κ1) is 13.1. The number of aryl methyl sites for hydroxylation is 1. The zero-order chi connectivity index (χ0) is 13.9. The number of rotatable bonds is 3. The van der Waals surface area contributed by atoms with Gasteiger partial charge >= 0.3 is 0 Å². The Morgan fingerprint density at radius 2 is 1.95 bits per heavy atom. The highest BCUT2D eigenvalue weighted by Gasteiger charge is 2.21. The Morgan fingerprint density at radius 1 is 1.25 bits per heavy atom. The largest absolute Gasteiger partial charge is 0.340 e. The molecule has 3 N–H and O–H groups in total. The molecule has 1 saturated heterocycles. The van der Waals surface area contributed by atoms with Crippen molar-refractivity contribution in [2.45, 2.75) is 19.8 Å². The molecular weight excluding hydrogens is 250 g/mol. The van der Waals surface area contributed by atoms with Crippen LogP contribution in [0.15, 0.2) is 24.3 Å². The van der Waals surface area contributed by atoms with E-state index >= 15 is 0 Å². The van der Waals surface area contributed by atoms with Gasteiger partial charge in [-0.15, -0.1) is 5.10 Å². The van der Waals surface area contributed by atoms with E-state index in [4.69, 9.17) is 5.73 Å². The summed E-state index contributed by atoms with van der Waals surface area (Å²) in [5.74, 6) is 2.29. The van der Waals surface area contributed by atoms with Gasteiger partial charge in [0.05, 0.1) is 0 Å². The van der Waals surface area contributed by atoms with E-state index in [1.54, 1.807) is 0 Å². The van der Waals surface area contributed by atoms with Gasteiger partial charge in [0.25, 0.3) is 0 Å². The molecule has 5 heteroatoms. The third kappa shape index (κ3) is 2.67. The lowest BCUT2D eigenvalue weighted by Crippen LogP contribution is -2.36. The van der Waals surface area contributed by atoms with Crippen LogP contribution in [-0.4, -0.2) is 34.8 Å². The minimum Gasteiger partial charge on any atom is -0.340 e.